The Morgan fingerprint density at radius 1 is 1.05 bits per heavy atom. The van der Waals surface area contributed by atoms with E-state index in [2.05, 4.69) is 20.3 Å². The smallest absolute Gasteiger partial charge is 0.301 e. The van der Waals surface area contributed by atoms with Crippen LogP contribution >= 0.6 is 0 Å². The number of amides is 3. The van der Waals surface area contributed by atoms with E-state index in [0.29, 0.717) is 75.2 Å². The molecule has 17 nitrogen and oxygen atoms in total. The Morgan fingerprint density at radius 3 is 2.52 bits per heavy atom. The Hall–Kier alpha value is -6.17. The van der Waals surface area contributed by atoms with E-state index in [1.165, 1.54) is 42.2 Å². The van der Waals surface area contributed by atoms with E-state index in [4.69, 9.17) is 9.47 Å². The van der Waals surface area contributed by atoms with Crippen LogP contribution in [-0.2, 0) is 29.3 Å². The summed E-state index contributed by atoms with van der Waals surface area (Å²) in [7, 11) is -2.68. The topological polar surface area (TPSA) is 208 Å². The van der Waals surface area contributed by atoms with Gasteiger partial charge in [0.05, 0.1) is 46.9 Å². The molecule has 3 aromatic carbocycles. The van der Waals surface area contributed by atoms with Gasteiger partial charge in [-0.15, -0.1) is 0 Å². The molecule has 4 saturated heterocycles. The van der Waals surface area contributed by atoms with Crippen molar-refractivity contribution in [3.05, 3.63) is 82.4 Å². The molecule has 1 aromatic heterocycles. The number of anilines is 3. The van der Waals surface area contributed by atoms with E-state index in [-0.39, 0.29) is 71.3 Å². The average Bonchev–Trinajstić information content (AvgIpc) is 3.68. The highest BCUT2D eigenvalue weighted by Gasteiger charge is 2.44. The van der Waals surface area contributed by atoms with Crippen LogP contribution in [0.2, 0.25) is 0 Å². The maximum absolute atomic E-state index is 15.2. The van der Waals surface area contributed by atoms with Crippen LogP contribution in [0.4, 0.5) is 25.8 Å². The second kappa shape index (κ2) is 18.1. The second-order valence-electron chi connectivity index (χ2n) is 16.9. The normalized spacial score (nSPS) is 20.4. The van der Waals surface area contributed by atoms with Gasteiger partial charge in [-0.3, -0.25) is 33.8 Å². The largest absolute Gasteiger partial charge is 0.453 e. The van der Waals surface area contributed by atoms with Crippen LogP contribution in [0.1, 0.15) is 69.9 Å². The number of ether oxygens (including phenoxy) is 2. The molecule has 20 heteroatoms. The van der Waals surface area contributed by atoms with Gasteiger partial charge in [-0.25, -0.2) is 13.8 Å². The summed E-state index contributed by atoms with van der Waals surface area (Å²) in [5.41, 5.74) is -0.144. The summed E-state index contributed by atoms with van der Waals surface area (Å²) in [4.78, 5) is 59.4. The summed E-state index contributed by atoms with van der Waals surface area (Å²) in [6.45, 7) is 4.28. The molecule has 0 saturated carbocycles. The molecule has 0 aliphatic carbocycles. The van der Waals surface area contributed by atoms with Gasteiger partial charge in [-0.2, -0.15) is 18.0 Å². The van der Waals surface area contributed by atoms with Gasteiger partial charge < -0.3 is 24.6 Å². The van der Waals surface area contributed by atoms with Gasteiger partial charge in [0.1, 0.15) is 29.2 Å². The van der Waals surface area contributed by atoms with Gasteiger partial charge in [0.2, 0.25) is 17.7 Å². The molecule has 64 heavy (non-hydrogen) atoms. The summed E-state index contributed by atoms with van der Waals surface area (Å²) in [5, 5.41) is 15.4. The van der Waals surface area contributed by atoms with E-state index >= 15 is 8.78 Å². The number of aromatic nitrogens is 2. The van der Waals surface area contributed by atoms with E-state index < -0.39 is 45.1 Å². The van der Waals surface area contributed by atoms with Crippen molar-refractivity contribution in [2.24, 2.45) is 5.92 Å². The Kier molecular flexibility index (Phi) is 12.6. The van der Waals surface area contributed by atoms with Crippen molar-refractivity contribution in [1.29, 1.82) is 5.26 Å². The maximum atomic E-state index is 15.2. The number of halogens is 2. The highest BCUT2D eigenvalue weighted by Crippen LogP contribution is 2.41. The monoisotopic (exact) mass is 901 g/mol. The fourth-order valence-electron chi connectivity index (χ4n) is 8.95. The van der Waals surface area contributed by atoms with Crippen LogP contribution in [0.25, 0.3) is 10.9 Å². The summed E-state index contributed by atoms with van der Waals surface area (Å²) >= 11 is 0. The molecule has 4 aliphatic rings. The van der Waals surface area contributed by atoms with Crippen LogP contribution in [0.5, 0.6) is 11.5 Å². The van der Waals surface area contributed by atoms with Crippen molar-refractivity contribution in [2.75, 3.05) is 61.3 Å². The van der Waals surface area contributed by atoms with Crippen molar-refractivity contribution < 1.29 is 41.1 Å². The SMILES string of the molecule is CCN(C)S(=O)(=O)Nc1ccc(F)c(Oc2ccc3ncn([C@H]4COC5(CCN(C(=O)CC6CCN(c7ccc(NC8CCC(=O)NC8=O)cc7F)CC6)CC5)C4)c(=O)c3c2)c1C#N. The van der Waals surface area contributed by atoms with Gasteiger partial charge in [0.15, 0.2) is 11.6 Å². The Bertz CT molecular complexity index is 2700. The number of piperidine rings is 3. The van der Waals surface area contributed by atoms with Gasteiger partial charge in [-0.05, 0) is 93.0 Å². The van der Waals surface area contributed by atoms with Crippen LogP contribution in [-0.4, -0.2) is 103 Å². The first kappa shape index (κ1) is 44.4. The summed E-state index contributed by atoms with van der Waals surface area (Å²) in [6, 6.07) is 12.2. The number of fused-ring (bicyclic) bond motifs is 1. The summed E-state index contributed by atoms with van der Waals surface area (Å²) in [5.74, 6) is -2.30. The molecule has 5 heterocycles. The van der Waals surface area contributed by atoms with Crippen molar-refractivity contribution in [3.63, 3.8) is 0 Å². The molecular weight excluding hydrogens is 853 g/mol. The zero-order chi connectivity index (χ0) is 45.3. The van der Waals surface area contributed by atoms with Gasteiger partial charge in [-0.1, -0.05) is 6.92 Å². The molecule has 4 aromatic rings. The first-order valence-corrected chi connectivity index (χ1v) is 22.8. The quantitative estimate of drug-likeness (QED) is 0.164. The number of likely N-dealkylation sites (tertiary alicyclic amines) is 1. The van der Waals surface area contributed by atoms with Crippen molar-refractivity contribution in [1.82, 2.24) is 24.1 Å². The van der Waals surface area contributed by atoms with Crippen molar-refractivity contribution in [2.45, 2.75) is 76.0 Å². The number of hydrogen-bond donors (Lipinski definition) is 3. The van der Waals surface area contributed by atoms with Crippen LogP contribution < -0.4 is 30.6 Å². The molecule has 0 bridgehead atoms. The lowest BCUT2D eigenvalue weighted by Crippen LogP contribution is -2.47. The molecular formula is C44H49F2N9O8S. The number of nitriles is 1. The lowest BCUT2D eigenvalue weighted by Gasteiger charge is -2.40. The number of nitrogens with one attached hydrogen (secondary N) is 3. The molecule has 4 fully saturated rings. The lowest BCUT2D eigenvalue weighted by atomic mass is 9.86. The number of carbonyl (C=O) groups excluding carboxylic acids is 3. The highest BCUT2D eigenvalue weighted by atomic mass is 32.2. The third kappa shape index (κ3) is 9.23. The first-order valence-electron chi connectivity index (χ1n) is 21.4. The molecule has 338 valence electrons. The maximum Gasteiger partial charge on any atom is 0.301 e. The number of imide groups is 1. The zero-order valence-electron chi connectivity index (χ0n) is 35.4. The average molecular weight is 902 g/mol. The van der Waals surface area contributed by atoms with Crippen LogP contribution in [0, 0.1) is 28.9 Å². The predicted octanol–water partition coefficient (Wildman–Crippen LogP) is 4.79. The molecule has 0 radical (unpaired) electrons. The predicted molar refractivity (Wildman–Crippen MR) is 232 cm³/mol. The summed E-state index contributed by atoms with van der Waals surface area (Å²) in [6.07, 6.45) is 5.65. The van der Waals surface area contributed by atoms with Gasteiger partial charge in [0, 0.05) is 58.3 Å². The zero-order valence-corrected chi connectivity index (χ0v) is 36.3. The van der Waals surface area contributed by atoms with Crippen LogP contribution in [0.3, 0.4) is 0 Å². The van der Waals surface area contributed by atoms with Crippen LogP contribution in [0.15, 0.2) is 59.7 Å². The number of carbonyl (C=O) groups is 3. The minimum Gasteiger partial charge on any atom is -0.453 e. The Labute approximate surface area is 368 Å². The number of nitrogens with zero attached hydrogens (tertiary/aromatic N) is 6. The molecule has 2 atom stereocenters. The number of rotatable bonds is 12. The molecule has 3 N–H and O–H groups in total. The van der Waals surface area contributed by atoms with Crippen molar-refractivity contribution >= 4 is 55.9 Å². The standard InChI is InChI=1S/C44H49F2N9O8S/c1-3-52(2)64(60,61)51-36-8-6-33(45)41(32(36)24-47)63-30-5-7-35-31(22-30)43(59)55(26-48-35)29-23-44(62-25-29)14-18-54(19-15-44)40(57)20-27-12-16-53(17-13-27)38-10-4-28(21-34(38)46)49-37-9-11-39(56)50-42(37)58/h4-8,10,21-22,26-27,29,37,49,51H,3,9,11-20,23,25H2,1-2H3,(H,50,56,58)/t29-,37?/m1/s1. The highest BCUT2D eigenvalue weighted by molar-refractivity contribution is 7.90. The summed E-state index contributed by atoms with van der Waals surface area (Å²) < 4.78 is 72.7. The van der Waals surface area contributed by atoms with E-state index in [1.807, 2.05) is 15.9 Å². The fraction of sp³-hybridized carbons (Fsp3) is 0.455. The third-order valence-corrected chi connectivity index (χ3v) is 14.4. The molecule has 8 rings (SSSR count). The Balaban J connectivity index is 0.847. The van der Waals surface area contributed by atoms with Crippen molar-refractivity contribution in [3.8, 4) is 17.6 Å². The lowest BCUT2D eigenvalue weighted by molar-refractivity contribution is -0.137. The van der Waals surface area contributed by atoms with E-state index in [9.17, 15) is 32.9 Å². The molecule has 1 spiro atoms. The van der Waals surface area contributed by atoms with E-state index in [1.54, 1.807) is 19.1 Å². The third-order valence-electron chi connectivity index (χ3n) is 12.8. The number of hydrogen-bond acceptors (Lipinski definition) is 12. The second-order valence-corrected chi connectivity index (χ2v) is 18.6. The molecule has 1 unspecified atom stereocenters. The fourth-order valence-corrected chi connectivity index (χ4v) is 9.89. The first-order chi connectivity index (χ1) is 30.7. The van der Waals surface area contributed by atoms with Gasteiger partial charge in [0.25, 0.3) is 5.56 Å². The molecule has 3 amide bonds. The van der Waals surface area contributed by atoms with E-state index in [0.717, 1.165) is 29.3 Å². The minimum absolute atomic E-state index is 0.0359. The molecule has 4 aliphatic heterocycles. The van der Waals surface area contributed by atoms with Gasteiger partial charge >= 0.3 is 10.2 Å². The Morgan fingerprint density at radius 2 is 1.81 bits per heavy atom. The minimum atomic E-state index is -4.03. The number of benzene rings is 3.